The molecule has 86 valence electrons. The van der Waals surface area contributed by atoms with Gasteiger partial charge in [0.15, 0.2) is 0 Å². The van der Waals surface area contributed by atoms with E-state index in [9.17, 15) is 5.11 Å². The first-order valence-electron chi connectivity index (χ1n) is 5.43. The Bertz CT molecular complexity index is 341. The van der Waals surface area contributed by atoms with E-state index in [0.717, 1.165) is 5.56 Å². The molecule has 1 aromatic rings. The SMILES string of the molecule is C/C=C/[C@H](CO)[C@@H](O)/C=C/c1ccccc1. The van der Waals surface area contributed by atoms with Crippen LogP contribution in [0.4, 0.5) is 0 Å². The Kier molecular flexibility index (Phi) is 5.54. The van der Waals surface area contributed by atoms with E-state index in [1.54, 1.807) is 12.2 Å². The molecule has 0 saturated heterocycles. The fraction of sp³-hybridized carbons (Fsp3) is 0.286. The van der Waals surface area contributed by atoms with Gasteiger partial charge in [0.1, 0.15) is 0 Å². The molecule has 0 amide bonds. The molecule has 0 bridgehead atoms. The summed E-state index contributed by atoms with van der Waals surface area (Å²) in [4.78, 5) is 0. The first-order valence-corrected chi connectivity index (χ1v) is 5.43. The number of aliphatic hydroxyl groups excluding tert-OH is 2. The third-order valence-electron chi connectivity index (χ3n) is 2.37. The van der Waals surface area contributed by atoms with E-state index < -0.39 is 6.10 Å². The number of aliphatic hydroxyl groups is 2. The van der Waals surface area contributed by atoms with Crippen molar-refractivity contribution in [2.75, 3.05) is 6.61 Å². The van der Waals surface area contributed by atoms with Crippen LogP contribution < -0.4 is 0 Å². The van der Waals surface area contributed by atoms with Gasteiger partial charge in [-0.25, -0.2) is 0 Å². The summed E-state index contributed by atoms with van der Waals surface area (Å²) < 4.78 is 0. The highest BCUT2D eigenvalue weighted by atomic mass is 16.3. The summed E-state index contributed by atoms with van der Waals surface area (Å²) in [6, 6.07) is 9.77. The summed E-state index contributed by atoms with van der Waals surface area (Å²) in [5, 5.41) is 18.9. The van der Waals surface area contributed by atoms with E-state index in [4.69, 9.17) is 5.11 Å². The van der Waals surface area contributed by atoms with Crippen molar-refractivity contribution in [1.82, 2.24) is 0 Å². The molecule has 0 fully saturated rings. The first kappa shape index (κ1) is 12.7. The van der Waals surface area contributed by atoms with Crippen molar-refractivity contribution in [3.63, 3.8) is 0 Å². The molecule has 0 aliphatic carbocycles. The topological polar surface area (TPSA) is 40.5 Å². The molecule has 0 aliphatic heterocycles. The maximum Gasteiger partial charge on any atom is 0.0808 e. The lowest BCUT2D eigenvalue weighted by Gasteiger charge is -2.13. The van der Waals surface area contributed by atoms with Crippen LogP contribution >= 0.6 is 0 Å². The quantitative estimate of drug-likeness (QED) is 0.744. The summed E-state index contributed by atoms with van der Waals surface area (Å²) in [5.41, 5.74) is 1.04. The van der Waals surface area contributed by atoms with Crippen molar-refractivity contribution in [2.45, 2.75) is 13.0 Å². The Labute approximate surface area is 96.6 Å². The maximum atomic E-state index is 9.80. The predicted octanol–water partition coefficient (Wildman–Crippen LogP) is 2.25. The van der Waals surface area contributed by atoms with E-state index in [1.165, 1.54) is 0 Å². The van der Waals surface area contributed by atoms with E-state index in [-0.39, 0.29) is 12.5 Å². The molecule has 0 radical (unpaired) electrons. The monoisotopic (exact) mass is 218 g/mol. The molecule has 0 spiro atoms. The minimum atomic E-state index is -0.651. The van der Waals surface area contributed by atoms with Crippen LogP contribution in [0.25, 0.3) is 6.08 Å². The summed E-state index contributed by atoms with van der Waals surface area (Å²) >= 11 is 0. The van der Waals surface area contributed by atoms with Gasteiger partial charge in [-0.2, -0.15) is 0 Å². The van der Waals surface area contributed by atoms with Gasteiger partial charge in [0.05, 0.1) is 12.7 Å². The lowest BCUT2D eigenvalue weighted by atomic mass is 10.0. The Morgan fingerprint density at radius 3 is 2.44 bits per heavy atom. The molecule has 0 saturated carbocycles. The molecule has 1 rings (SSSR count). The van der Waals surface area contributed by atoms with E-state index in [2.05, 4.69) is 0 Å². The molecule has 0 heterocycles. The molecular weight excluding hydrogens is 200 g/mol. The second kappa shape index (κ2) is 6.99. The summed E-state index contributed by atoms with van der Waals surface area (Å²) in [5.74, 6) is -0.232. The third kappa shape index (κ3) is 4.01. The van der Waals surface area contributed by atoms with E-state index >= 15 is 0 Å². The fourth-order valence-corrected chi connectivity index (χ4v) is 1.45. The van der Waals surface area contributed by atoms with Crippen LogP contribution in [0.5, 0.6) is 0 Å². The molecular formula is C14H18O2. The molecule has 2 nitrogen and oxygen atoms in total. The van der Waals surface area contributed by atoms with E-state index in [0.29, 0.717) is 0 Å². The van der Waals surface area contributed by atoms with Gasteiger partial charge in [-0.15, -0.1) is 0 Å². The average molecular weight is 218 g/mol. The predicted molar refractivity (Wildman–Crippen MR) is 66.9 cm³/mol. The number of hydrogen-bond acceptors (Lipinski definition) is 2. The molecule has 1 aromatic carbocycles. The normalized spacial score (nSPS) is 15.7. The second-order valence-electron chi connectivity index (χ2n) is 3.63. The molecule has 0 aromatic heterocycles. The Morgan fingerprint density at radius 1 is 1.19 bits per heavy atom. The molecule has 2 N–H and O–H groups in total. The van der Waals surface area contributed by atoms with Crippen molar-refractivity contribution in [3.8, 4) is 0 Å². The van der Waals surface area contributed by atoms with Gasteiger partial charge in [0.25, 0.3) is 0 Å². The number of hydrogen-bond donors (Lipinski definition) is 2. The number of allylic oxidation sites excluding steroid dienone is 1. The van der Waals surface area contributed by atoms with Crippen LogP contribution in [0.1, 0.15) is 12.5 Å². The smallest absolute Gasteiger partial charge is 0.0808 e. The Morgan fingerprint density at radius 2 is 1.88 bits per heavy atom. The minimum Gasteiger partial charge on any atom is -0.396 e. The Hall–Kier alpha value is -1.38. The Balaban J connectivity index is 2.62. The van der Waals surface area contributed by atoms with Crippen LogP contribution in [-0.4, -0.2) is 22.9 Å². The molecule has 16 heavy (non-hydrogen) atoms. The molecule has 0 aliphatic rings. The first-order chi connectivity index (χ1) is 7.77. The van der Waals surface area contributed by atoms with Gasteiger partial charge in [-0.1, -0.05) is 54.6 Å². The summed E-state index contributed by atoms with van der Waals surface area (Å²) in [6.45, 7) is 1.82. The largest absolute Gasteiger partial charge is 0.396 e. The van der Waals surface area contributed by atoms with Crippen molar-refractivity contribution >= 4 is 6.08 Å². The zero-order valence-corrected chi connectivity index (χ0v) is 9.45. The molecule has 2 heteroatoms. The highest BCUT2D eigenvalue weighted by Crippen LogP contribution is 2.09. The van der Waals surface area contributed by atoms with Crippen LogP contribution in [-0.2, 0) is 0 Å². The second-order valence-corrected chi connectivity index (χ2v) is 3.63. The zero-order valence-electron chi connectivity index (χ0n) is 9.45. The molecule has 0 unspecified atom stereocenters. The van der Waals surface area contributed by atoms with Crippen molar-refractivity contribution in [3.05, 3.63) is 54.1 Å². The minimum absolute atomic E-state index is 0.0510. The van der Waals surface area contributed by atoms with Crippen LogP contribution in [0.3, 0.4) is 0 Å². The van der Waals surface area contributed by atoms with Crippen molar-refractivity contribution in [1.29, 1.82) is 0 Å². The van der Waals surface area contributed by atoms with Gasteiger partial charge in [0.2, 0.25) is 0 Å². The van der Waals surface area contributed by atoms with E-state index in [1.807, 2.05) is 49.4 Å². The van der Waals surface area contributed by atoms with Gasteiger partial charge in [-0.3, -0.25) is 0 Å². The number of rotatable bonds is 5. The van der Waals surface area contributed by atoms with Gasteiger partial charge in [0, 0.05) is 5.92 Å². The van der Waals surface area contributed by atoms with Crippen LogP contribution in [0, 0.1) is 5.92 Å². The van der Waals surface area contributed by atoms with Gasteiger partial charge >= 0.3 is 0 Å². The van der Waals surface area contributed by atoms with Gasteiger partial charge < -0.3 is 10.2 Å². The highest BCUT2D eigenvalue weighted by Gasteiger charge is 2.11. The fourth-order valence-electron chi connectivity index (χ4n) is 1.45. The van der Waals surface area contributed by atoms with Crippen LogP contribution in [0.15, 0.2) is 48.6 Å². The average Bonchev–Trinajstić information content (AvgIpc) is 2.34. The third-order valence-corrected chi connectivity index (χ3v) is 2.37. The zero-order chi connectivity index (χ0) is 11.8. The van der Waals surface area contributed by atoms with Gasteiger partial charge in [-0.05, 0) is 12.5 Å². The lowest BCUT2D eigenvalue weighted by Crippen LogP contribution is -2.19. The van der Waals surface area contributed by atoms with Crippen LogP contribution in [0.2, 0.25) is 0 Å². The molecule has 2 atom stereocenters. The lowest BCUT2D eigenvalue weighted by molar-refractivity contribution is 0.127. The standard InChI is InChI=1S/C14H18O2/c1-2-6-13(11-15)14(16)10-9-12-7-4-3-5-8-12/h2-10,13-16H,11H2,1H3/b6-2+,10-9+/t13-,14+/m1/s1. The highest BCUT2D eigenvalue weighted by molar-refractivity contribution is 5.49. The number of benzene rings is 1. The van der Waals surface area contributed by atoms with Crippen molar-refractivity contribution < 1.29 is 10.2 Å². The van der Waals surface area contributed by atoms with Crippen molar-refractivity contribution in [2.24, 2.45) is 5.92 Å². The maximum absolute atomic E-state index is 9.80. The summed E-state index contributed by atoms with van der Waals surface area (Å²) in [7, 11) is 0. The summed E-state index contributed by atoms with van der Waals surface area (Å²) in [6.07, 6.45) is 6.55.